The Morgan fingerprint density at radius 3 is 2.23 bits per heavy atom. The molecule has 0 aromatic heterocycles. The first kappa shape index (κ1) is 21.5. The molecule has 2 fully saturated rings. The molecule has 2 saturated heterocycles. The van der Waals surface area contributed by atoms with Crippen LogP contribution in [0.4, 0.5) is 5.69 Å². The molecular formula is C25H32N4O2. The first-order valence-electron chi connectivity index (χ1n) is 11.3. The van der Waals surface area contributed by atoms with Gasteiger partial charge in [0.2, 0.25) is 5.91 Å². The topological polar surface area (TPSA) is 64.7 Å². The van der Waals surface area contributed by atoms with Gasteiger partial charge in [-0.2, -0.15) is 0 Å². The molecule has 0 bridgehead atoms. The van der Waals surface area contributed by atoms with Gasteiger partial charge in [0.15, 0.2) is 0 Å². The maximum Gasteiger partial charge on any atom is 0.251 e. The summed E-state index contributed by atoms with van der Waals surface area (Å²) in [4.78, 5) is 29.4. The average Bonchev–Trinajstić information content (AvgIpc) is 3.43. The number of nitrogens with one attached hydrogen (secondary N) is 2. The predicted octanol–water partition coefficient (Wildman–Crippen LogP) is 3.11. The summed E-state index contributed by atoms with van der Waals surface area (Å²) in [5.41, 5.74) is 2.66. The lowest BCUT2D eigenvalue weighted by Crippen LogP contribution is -2.48. The quantitative estimate of drug-likeness (QED) is 0.722. The van der Waals surface area contributed by atoms with Gasteiger partial charge in [0, 0.05) is 36.9 Å². The van der Waals surface area contributed by atoms with Crippen LogP contribution in [0.25, 0.3) is 0 Å². The molecule has 2 aliphatic heterocycles. The third kappa shape index (κ3) is 5.32. The third-order valence-electron chi connectivity index (χ3n) is 6.51. The third-order valence-corrected chi connectivity index (χ3v) is 6.51. The molecule has 164 valence electrons. The highest BCUT2D eigenvalue weighted by molar-refractivity contribution is 5.96. The zero-order chi connectivity index (χ0) is 21.6. The Morgan fingerprint density at radius 1 is 0.903 bits per heavy atom. The van der Waals surface area contributed by atoms with Crippen molar-refractivity contribution in [3.8, 4) is 0 Å². The highest BCUT2D eigenvalue weighted by Gasteiger charge is 2.38. The fourth-order valence-electron chi connectivity index (χ4n) is 5.02. The fourth-order valence-corrected chi connectivity index (χ4v) is 5.02. The van der Waals surface area contributed by atoms with Crippen LogP contribution in [0.5, 0.6) is 0 Å². The van der Waals surface area contributed by atoms with Crippen molar-refractivity contribution in [2.75, 3.05) is 32.0 Å². The summed E-state index contributed by atoms with van der Waals surface area (Å²) < 4.78 is 0. The number of amides is 2. The molecule has 0 radical (unpaired) electrons. The van der Waals surface area contributed by atoms with E-state index in [-0.39, 0.29) is 11.8 Å². The number of anilines is 1. The number of carbonyl (C=O) groups excluding carboxylic acids is 2. The molecule has 2 atom stereocenters. The van der Waals surface area contributed by atoms with E-state index < -0.39 is 0 Å². The number of likely N-dealkylation sites (tertiary alicyclic amines) is 2. The number of benzene rings is 2. The number of hydrogen-bond donors (Lipinski definition) is 2. The molecule has 6 nitrogen and oxygen atoms in total. The predicted molar refractivity (Wildman–Crippen MR) is 123 cm³/mol. The van der Waals surface area contributed by atoms with Crippen molar-refractivity contribution in [2.45, 2.75) is 44.3 Å². The van der Waals surface area contributed by atoms with Crippen LogP contribution in [0, 0.1) is 0 Å². The van der Waals surface area contributed by atoms with E-state index in [1.54, 1.807) is 31.3 Å². The van der Waals surface area contributed by atoms with E-state index in [1.165, 1.54) is 18.4 Å². The molecule has 2 aliphatic rings. The first-order chi connectivity index (χ1) is 15.1. The molecule has 31 heavy (non-hydrogen) atoms. The minimum atomic E-state index is -0.130. The Labute approximate surface area is 184 Å². The van der Waals surface area contributed by atoms with Gasteiger partial charge in [-0.25, -0.2) is 0 Å². The monoisotopic (exact) mass is 420 g/mol. The number of carbonyl (C=O) groups is 2. The average molecular weight is 421 g/mol. The van der Waals surface area contributed by atoms with Gasteiger partial charge in [-0.3, -0.25) is 19.4 Å². The van der Waals surface area contributed by atoms with Crippen LogP contribution in [0.15, 0.2) is 54.6 Å². The van der Waals surface area contributed by atoms with Crippen molar-refractivity contribution >= 4 is 17.5 Å². The number of nitrogens with zero attached hydrogens (tertiary/aromatic N) is 2. The molecule has 2 heterocycles. The normalized spacial score (nSPS) is 21.8. The van der Waals surface area contributed by atoms with Gasteiger partial charge in [0.25, 0.3) is 5.91 Å². The Balaban J connectivity index is 1.34. The fraction of sp³-hybridized carbons (Fsp3) is 0.440. The summed E-state index contributed by atoms with van der Waals surface area (Å²) in [6.45, 7) is 3.51. The van der Waals surface area contributed by atoms with Crippen molar-refractivity contribution in [2.24, 2.45) is 0 Å². The van der Waals surface area contributed by atoms with E-state index in [1.807, 2.05) is 0 Å². The summed E-state index contributed by atoms with van der Waals surface area (Å²) in [6.07, 6.45) is 4.74. The van der Waals surface area contributed by atoms with Gasteiger partial charge in [0.05, 0.1) is 6.54 Å². The molecule has 2 aromatic carbocycles. The lowest BCUT2D eigenvalue weighted by molar-refractivity contribution is -0.117. The second-order valence-corrected chi connectivity index (χ2v) is 8.55. The summed E-state index contributed by atoms with van der Waals surface area (Å²) in [5, 5.41) is 5.59. The lowest BCUT2D eigenvalue weighted by Gasteiger charge is -2.34. The molecule has 0 saturated carbocycles. The van der Waals surface area contributed by atoms with Crippen LogP contribution in [-0.2, 0) is 11.3 Å². The Morgan fingerprint density at radius 2 is 1.55 bits per heavy atom. The van der Waals surface area contributed by atoms with Crippen molar-refractivity contribution in [1.82, 2.24) is 15.1 Å². The number of hydrogen-bond acceptors (Lipinski definition) is 4. The second-order valence-electron chi connectivity index (χ2n) is 8.55. The SMILES string of the molecule is CNC(=O)c1ccc(NC(=O)CN2CCCC2C2CCCN2Cc2ccccc2)cc1. The largest absolute Gasteiger partial charge is 0.355 e. The standard InChI is InChI=1S/C25H32N4O2/c1-26-25(31)20-11-13-21(14-12-20)27-24(30)18-29-16-6-10-23(29)22-9-5-15-28(22)17-19-7-3-2-4-8-19/h2-4,7-8,11-14,22-23H,5-6,9-10,15-18H2,1H3,(H,26,31)(H,27,30). The number of rotatable bonds is 7. The maximum absolute atomic E-state index is 12.7. The summed E-state index contributed by atoms with van der Waals surface area (Å²) in [5.74, 6) is -0.124. The van der Waals surface area contributed by atoms with Gasteiger partial charge in [-0.05, 0) is 68.6 Å². The summed E-state index contributed by atoms with van der Waals surface area (Å²) >= 11 is 0. The Hall–Kier alpha value is -2.70. The van der Waals surface area contributed by atoms with E-state index in [4.69, 9.17) is 0 Å². The summed E-state index contributed by atoms with van der Waals surface area (Å²) in [6, 6.07) is 18.6. The van der Waals surface area contributed by atoms with Crippen molar-refractivity contribution < 1.29 is 9.59 Å². The van der Waals surface area contributed by atoms with Crippen molar-refractivity contribution in [1.29, 1.82) is 0 Å². The van der Waals surface area contributed by atoms with Crippen LogP contribution in [0.3, 0.4) is 0 Å². The van der Waals surface area contributed by atoms with Gasteiger partial charge < -0.3 is 10.6 Å². The zero-order valence-electron chi connectivity index (χ0n) is 18.2. The van der Waals surface area contributed by atoms with Gasteiger partial charge in [-0.1, -0.05) is 30.3 Å². The maximum atomic E-state index is 12.7. The zero-order valence-corrected chi connectivity index (χ0v) is 18.2. The van der Waals surface area contributed by atoms with Crippen LogP contribution < -0.4 is 10.6 Å². The van der Waals surface area contributed by atoms with E-state index in [9.17, 15) is 9.59 Å². The van der Waals surface area contributed by atoms with Gasteiger partial charge in [-0.15, -0.1) is 0 Å². The van der Waals surface area contributed by atoms with Crippen LogP contribution >= 0.6 is 0 Å². The minimum Gasteiger partial charge on any atom is -0.355 e. The lowest BCUT2D eigenvalue weighted by atomic mass is 10.0. The van der Waals surface area contributed by atoms with E-state index >= 15 is 0 Å². The Bertz CT molecular complexity index is 884. The highest BCUT2D eigenvalue weighted by Crippen LogP contribution is 2.31. The minimum absolute atomic E-state index is 0.00667. The smallest absolute Gasteiger partial charge is 0.251 e. The first-order valence-corrected chi connectivity index (χ1v) is 11.3. The van der Waals surface area contributed by atoms with Crippen LogP contribution in [-0.4, -0.2) is 60.4 Å². The molecular weight excluding hydrogens is 388 g/mol. The molecule has 6 heteroatoms. The highest BCUT2D eigenvalue weighted by atomic mass is 16.2. The van der Waals surface area contributed by atoms with E-state index in [0.29, 0.717) is 24.2 Å². The summed E-state index contributed by atoms with van der Waals surface area (Å²) in [7, 11) is 1.61. The van der Waals surface area contributed by atoms with Crippen molar-refractivity contribution in [3.05, 3.63) is 65.7 Å². The van der Waals surface area contributed by atoms with Gasteiger partial charge in [0.1, 0.15) is 0 Å². The van der Waals surface area contributed by atoms with Crippen LogP contribution in [0.2, 0.25) is 0 Å². The van der Waals surface area contributed by atoms with Gasteiger partial charge >= 0.3 is 0 Å². The second kappa shape index (κ2) is 10.1. The Kier molecular flexibility index (Phi) is 6.99. The molecule has 4 rings (SSSR count). The molecule has 2 aromatic rings. The van der Waals surface area contributed by atoms with E-state index in [2.05, 4.69) is 50.8 Å². The molecule has 0 aliphatic carbocycles. The van der Waals surface area contributed by atoms with Crippen LogP contribution in [0.1, 0.15) is 41.6 Å². The molecule has 0 spiro atoms. The van der Waals surface area contributed by atoms with E-state index in [0.717, 1.165) is 38.2 Å². The van der Waals surface area contributed by atoms with Crippen molar-refractivity contribution in [3.63, 3.8) is 0 Å². The molecule has 2 unspecified atom stereocenters. The molecule has 2 N–H and O–H groups in total. The molecule has 2 amide bonds.